The first kappa shape index (κ1) is 19.5. The molecule has 3 rings (SSSR count). The molecule has 1 heterocycles. The first-order chi connectivity index (χ1) is 11.8. The summed E-state index contributed by atoms with van der Waals surface area (Å²) in [6.45, 7) is 8.00. The quantitative estimate of drug-likeness (QED) is 0.574. The van der Waals surface area contributed by atoms with Crippen molar-refractivity contribution >= 4 is 16.3 Å². The van der Waals surface area contributed by atoms with Crippen LogP contribution < -0.4 is 5.73 Å². The van der Waals surface area contributed by atoms with E-state index in [9.17, 15) is 5.26 Å². The fourth-order valence-corrected chi connectivity index (χ4v) is 3.28. The first-order valence-corrected chi connectivity index (χ1v) is 9.06. The third kappa shape index (κ3) is 4.24. The molecular formula is C21H24N2S. The molecular weight excluding hydrogens is 312 g/mol. The predicted molar refractivity (Wildman–Crippen MR) is 107 cm³/mol. The molecule has 0 saturated heterocycles. The topological polar surface area (TPSA) is 49.8 Å². The third-order valence-corrected chi connectivity index (χ3v) is 4.21. The molecule has 0 radical (unpaired) electrons. The smallest absolute Gasteiger partial charge is 0.105 e. The number of thiophene rings is 1. The molecule has 0 aliphatic heterocycles. The second-order valence-electron chi connectivity index (χ2n) is 4.39. The minimum atomic E-state index is 0.569. The Labute approximate surface area is 149 Å². The summed E-state index contributed by atoms with van der Waals surface area (Å²) in [5, 5.41) is 9.97. The Balaban J connectivity index is 0.000000671. The molecule has 0 amide bonds. The van der Waals surface area contributed by atoms with Crippen molar-refractivity contribution in [3.05, 3.63) is 66.2 Å². The molecule has 0 saturated carbocycles. The fourth-order valence-electron chi connectivity index (χ4n) is 2.23. The van der Waals surface area contributed by atoms with E-state index in [1.807, 2.05) is 88.4 Å². The normalized spacial score (nSPS) is 8.96. The fraction of sp³-hybridized carbons (Fsp3) is 0.190. The molecule has 124 valence electrons. The monoisotopic (exact) mass is 336 g/mol. The molecule has 0 atom stereocenters. The zero-order valence-electron chi connectivity index (χ0n) is 14.7. The lowest BCUT2D eigenvalue weighted by Crippen LogP contribution is -1.86. The largest absolute Gasteiger partial charge is 0.389 e. The van der Waals surface area contributed by atoms with E-state index in [2.05, 4.69) is 6.07 Å². The molecule has 0 aliphatic rings. The van der Waals surface area contributed by atoms with Crippen LogP contribution in [-0.2, 0) is 0 Å². The van der Waals surface area contributed by atoms with Crippen molar-refractivity contribution in [1.82, 2.24) is 0 Å². The van der Waals surface area contributed by atoms with Gasteiger partial charge in [-0.1, -0.05) is 88.4 Å². The maximum absolute atomic E-state index is 9.40. The first-order valence-electron chi connectivity index (χ1n) is 8.24. The Hall–Kier alpha value is -2.57. The number of benzene rings is 2. The standard InChI is InChI=1S/C17H12N2S.2C2H6/c18-11-14-15(12-7-3-1-4-8-12)16(20-17(14)19)13-9-5-2-6-10-13;2*1-2/h1-10H,19H2;2*1-2H3. The third-order valence-electron chi connectivity index (χ3n) is 3.15. The van der Waals surface area contributed by atoms with Crippen molar-refractivity contribution in [3.8, 4) is 27.6 Å². The van der Waals surface area contributed by atoms with Gasteiger partial charge < -0.3 is 5.73 Å². The van der Waals surface area contributed by atoms with E-state index in [1.165, 1.54) is 11.3 Å². The van der Waals surface area contributed by atoms with Crippen LogP contribution in [0.1, 0.15) is 33.3 Å². The molecule has 0 unspecified atom stereocenters. The Morgan fingerprint density at radius 3 is 1.71 bits per heavy atom. The van der Waals surface area contributed by atoms with Crippen LogP contribution in [0.15, 0.2) is 60.7 Å². The van der Waals surface area contributed by atoms with Crippen LogP contribution in [0, 0.1) is 11.3 Å². The van der Waals surface area contributed by atoms with Crippen LogP contribution >= 0.6 is 11.3 Å². The van der Waals surface area contributed by atoms with Gasteiger partial charge in [0.15, 0.2) is 0 Å². The number of nitriles is 1. The maximum atomic E-state index is 9.40. The van der Waals surface area contributed by atoms with E-state index in [0.717, 1.165) is 21.6 Å². The lowest BCUT2D eigenvalue weighted by Gasteiger charge is -2.05. The number of nitrogens with zero attached hydrogens (tertiary/aromatic N) is 1. The average molecular weight is 337 g/mol. The summed E-state index contributed by atoms with van der Waals surface area (Å²) in [5.41, 5.74) is 9.64. The summed E-state index contributed by atoms with van der Waals surface area (Å²) >= 11 is 1.47. The Bertz CT molecular complexity index is 769. The van der Waals surface area contributed by atoms with E-state index in [0.29, 0.717) is 10.6 Å². The molecule has 2 N–H and O–H groups in total. The molecule has 0 aliphatic carbocycles. The lowest BCUT2D eigenvalue weighted by atomic mass is 9.99. The van der Waals surface area contributed by atoms with Crippen molar-refractivity contribution < 1.29 is 0 Å². The Morgan fingerprint density at radius 2 is 1.25 bits per heavy atom. The average Bonchev–Trinajstić information content (AvgIpc) is 3.02. The van der Waals surface area contributed by atoms with Crippen molar-refractivity contribution in [2.24, 2.45) is 0 Å². The van der Waals surface area contributed by atoms with Crippen LogP contribution in [0.3, 0.4) is 0 Å². The second-order valence-corrected chi connectivity index (χ2v) is 5.44. The van der Waals surface area contributed by atoms with Gasteiger partial charge in [0, 0.05) is 10.4 Å². The highest BCUT2D eigenvalue weighted by Crippen LogP contribution is 2.44. The number of nitrogen functional groups attached to an aromatic ring is 1. The number of nitrogens with two attached hydrogens (primary N) is 1. The van der Waals surface area contributed by atoms with Gasteiger partial charge in [0.2, 0.25) is 0 Å². The summed E-state index contributed by atoms with van der Waals surface area (Å²) in [6.07, 6.45) is 0. The van der Waals surface area contributed by atoms with Gasteiger partial charge in [-0.15, -0.1) is 11.3 Å². The molecule has 0 bridgehead atoms. The highest BCUT2D eigenvalue weighted by atomic mass is 32.1. The highest BCUT2D eigenvalue weighted by molar-refractivity contribution is 7.20. The number of hydrogen-bond acceptors (Lipinski definition) is 3. The van der Waals surface area contributed by atoms with Crippen LogP contribution in [0.4, 0.5) is 5.00 Å². The Kier molecular flexibility index (Phi) is 8.32. The molecule has 3 heteroatoms. The highest BCUT2D eigenvalue weighted by Gasteiger charge is 2.18. The van der Waals surface area contributed by atoms with Gasteiger partial charge in [0.1, 0.15) is 11.1 Å². The van der Waals surface area contributed by atoms with Gasteiger partial charge in [-0.3, -0.25) is 0 Å². The SMILES string of the molecule is CC.CC.N#Cc1c(N)sc(-c2ccccc2)c1-c1ccccc1. The maximum Gasteiger partial charge on any atom is 0.105 e. The molecule has 0 fully saturated rings. The summed E-state index contributed by atoms with van der Waals surface area (Å²) in [7, 11) is 0. The van der Waals surface area contributed by atoms with Crippen molar-refractivity contribution in [1.29, 1.82) is 5.26 Å². The van der Waals surface area contributed by atoms with Crippen molar-refractivity contribution in [3.63, 3.8) is 0 Å². The number of hydrogen-bond donors (Lipinski definition) is 1. The predicted octanol–water partition coefficient (Wildman–Crippen LogP) is 6.59. The van der Waals surface area contributed by atoms with Crippen molar-refractivity contribution in [2.75, 3.05) is 5.73 Å². The molecule has 24 heavy (non-hydrogen) atoms. The van der Waals surface area contributed by atoms with Crippen molar-refractivity contribution in [2.45, 2.75) is 27.7 Å². The van der Waals surface area contributed by atoms with Gasteiger partial charge in [-0.2, -0.15) is 5.26 Å². The van der Waals surface area contributed by atoms with Crippen LogP contribution in [0.25, 0.3) is 21.6 Å². The minimum Gasteiger partial charge on any atom is -0.389 e. The molecule has 0 spiro atoms. The number of anilines is 1. The van der Waals surface area contributed by atoms with E-state index < -0.39 is 0 Å². The summed E-state index contributed by atoms with van der Waals surface area (Å²) in [5.74, 6) is 0. The zero-order chi connectivity index (χ0) is 17.9. The van der Waals surface area contributed by atoms with Gasteiger partial charge in [-0.05, 0) is 11.1 Å². The summed E-state index contributed by atoms with van der Waals surface area (Å²) in [4.78, 5) is 1.05. The number of rotatable bonds is 2. The molecule has 2 aromatic carbocycles. The van der Waals surface area contributed by atoms with Crippen LogP contribution in [0.5, 0.6) is 0 Å². The van der Waals surface area contributed by atoms with Gasteiger partial charge >= 0.3 is 0 Å². The van der Waals surface area contributed by atoms with Crippen LogP contribution in [0.2, 0.25) is 0 Å². The second kappa shape index (κ2) is 10.3. The van der Waals surface area contributed by atoms with E-state index in [4.69, 9.17) is 5.73 Å². The van der Waals surface area contributed by atoms with Gasteiger partial charge in [-0.25, -0.2) is 0 Å². The molecule has 1 aromatic heterocycles. The summed E-state index contributed by atoms with van der Waals surface area (Å²) in [6, 6.07) is 22.2. The van der Waals surface area contributed by atoms with E-state index in [1.54, 1.807) is 0 Å². The van der Waals surface area contributed by atoms with E-state index in [-0.39, 0.29) is 0 Å². The zero-order valence-corrected chi connectivity index (χ0v) is 15.5. The van der Waals surface area contributed by atoms with Gasteiger partial charge in [0.05, 0.1) is 5.56 Å². The molecule has 3 aromatic rings. The minimum absolute atomic E-state index is 0.569. The summed E-state index contributed by atoms with van der Waals surface area (Å²) < 4.78 is 0. The molecule has 2 nitrogen and oxygen atoms in total. The van der Waals surface area contributed by atoms with Gasteiger partial charge in [0.25, 0.3) is 0 Å². The Morgan fingerprint density at radius 1 is 0.792 bits per heavy atom. The van der Waals surface area contributed by atoms with Crippen LogP contribution in [-0.4, -0.2) is 0 Å². The lowest BCUT2D eigenvalue weighted by molar-refractivity contribution is 1.50. The van der Waals surface area contributed by atoms with E-state index >= 15 is 0 Å².